The maximum atomic E-state index is 13.1. The second-order valence-electron chi connectivity index (χ2n) is 8.34. The molecule has 0 radical (unpaired) electrons. The molecule has 1 aromatic carbocycles. The van der Waals surface area contributed by atoms with Crippen molar-refractivity contribution in [1.82, 2.24) is 4.90 Å². The molecule has 0 saturated carbocycles. The quantitative estimate of drug-likeness (QED) is 0.569. The Morgan fingerprint density at radius 1 is 1.17 bits per heavy atom. The van der Waals surface area contributed by atoms with E-state index in [9.17, 15) is 14.4 Å². The van der Waals surface area contributed by atoms with Crippen LogP contribution in [0.4, 0.5) is 0 Å². The molecule has 1 aromatic rings. The molecule has 2 rings (SSSR count). The average Bonchev–Trinajstić information content (AvgIpc) is 2.64. The third kappa shape index (κ3) is 7.72. The van der Waals surface area contributed by atoms with Crippen LogP contribution in [0.25, 0.3) is 0 Å². The number of esters is 2. The molecule has 1 amide bonds. The minimum Gasteiger partial charge on any atom is -0.460 e. The summed E-state index contributed by atoms with van der Waals surface area (Å²) in [5, 5.41) is 0. The van der Waals surface area contributed by atoms with Crippen molar-refractivity contribution in [2.75, 3.05) is 13.6 Å². The van der Waals surface area contributed by atoms with Gasteiger partial charge in [-0.05, 0) is 39.2 Å². The Balaban J connectivity index is 2.20. The van der Waals surface area contributed by atoms with Crippen LogP contribution in [0.5, 0.6) is 0 Å². The van der Waals surface area contributed by atoms with E-state index in [0.717, 1.165) is 5.56 Å². The van der Waals surface area contributed by atoms with Gasteiger partial charge in [0.15, 0.2) is 0 Å². The molecule has 158 valence electrons. The van der Waals surface area contributed by atoms with Crippen molar-refractivity contribution < 1.29 is 23.9 Å². The molecule has 0 bridgehead atoms. The summed E-state index contributed by atoms with van der Waals surface area (Å²) in [5.74, 6) is -1.37. The second-order valence-corrected chi connectivity index (χ2v) is 8.34. The molecular formula is C23H31NO5. The number of hydrogen-bond acceptors (Lipinski definition) is 5. The molecule has 6 nitrogen and oxygen atoms in total. The molecule has 6 heteroatoms. The molecule has 1 aliphatic rings. The fraction of sp³-hybridized carbons (Fsp3) is 0.522. The van der Waals surface area contributed by atoms with Gasteiger partial charge in [0, 0.05) is 13.5 Å². The van der Waals surface area contributed by atoms with Crippen LogP contribution in [0.15, 0.2) is 42.5 Å². The van der Waals surface area contributed by atoms with Gasteiger partial charge in [0.1, 0.15) is 11.7 Å². The van der Waals surface area contributed by atoms with Crippen molar-refractivity contribution in [3.05, 3.63) is 48.0 Å². The van der Waals surface area contributed by atoms with Crippen molar-refractivity contribution in [3.63, 3.8) is 0 Å². The smallest absolute Gasteiger partial charge is 0.307 e. The van der Waals surface area contributed by atoms with E-state index in [4.69, 9.17) is 9.47 Å². The standard InChI is InChI=1S/C23H31NO5/c1-23(2,3)29-21(26)15-18-13-9-6-10-14-20(25)28-19(16-24(4)22(18)27)17-11-7-5-8-12-17/h5-9,11-12,18-19H,10,13-16H2,1-4H3/b9-6+/t18-,19?/m0/s1. The number of allylic oxidation sites excluding steroid dienone is 2. The van der Waals surface area contributed by atoms with E-state index in [1.807, 2.05) is 42.5 Å². The highest BCUT2D eigenvalue weighted by atomic mass is 16.6. The highest BCUT2D eigenvalue weighted by molar-refractivity contribution is 5.84. The number of carbonyl (C=O) groups excluding carboxylic acids is 3. The van der Waals surface area contributed by atoms with Crippen molar-refractivity contribution in [1.29, 1.82) is 0 Å². The molecule has 1 aliphatic heterocycles. The monoisotopic (exact) mass is 401 g/mol. The molecule has 0 saturated heterocycles. The number of cyclic esters (lactones) is 1. The lowest BCUT2D eigenvalue weighted by Gasteiger charge is -2.28. The van der Waals surface area contributed by atoms with Crippen LogP contribution in [0.1, 0.15) is 58.1 Å². The summed E-state index contributed by atoms with van der Waals surface area (Å²) in [6.07, 6.45) is 4.40. The predicted octanol–water partition coefficient (Wildman–Crippen LogP) is 3.82. The largest absolute Gasteiger partial charge is 0.460 e. The van der Waals surface area contributed by atoms with Crippen molar-refractivity contribution in [3.8, 4) is 0 Å². The minimum absolute atomic E-state index is 0.0145. The summed E-state index contributed by atoms with van der Waals surface area (Å²) in [6.45, 7) is 5.64. The lowest BCUT2D eigenvalue weighted by atomic mass is 9.98. The van der Waals surface area contributed by atoms with Gasteiger partial charge in [-0.15, -0.1) is 0 Å². The second kappa shape index (κ2) is 10.2. The number of carbonyl (C=O) groups is 3. The lowest BCUT2D eigenvalue weighted by molar-refractivity contribution is -0.158. The summed E-state index contributed by atoms with van der Waals surface area (Å²) in [6, 6.07) is 9.38. The zero-order valence-corrected chi connectivity index (χ0v) is 17.7. The SMILES string of the molecule is CN1CC(c2ccccc2)OC(=O)CC/C=C/C[C@@H](CC(=O)OC(C)(C)C)C1=O. The van der Waals surface area contributed by atoms with E-state index in [-0.39, 0.29) is 31.3 Å². The summed E-state index contributed by atoms with van der Waals surface area (Å²) in [7, 11) is 1.67. The van der Waals surface area contributed by atoms with Crippen LogP contribution in [-0.2, 0) is 23.9 Å². The van der Waals surface area contributed by atoms with Crippen molar-refractivity contribution >= 4 is 17.8 Å². The van der Waals surface area contributed by atoms with Gasteiger partial charge in [-0.3, -0.25) is 14.4 Å². The summed E-state index contributed by atoms with van der Waals surface area (Å²) in [5.41, 5.74) is 0.233. The molecule has 0 aromatic heterocycles. The Morgan fingerprint density at radius 2 is 1.86 bits per heavy atom. The first-order valence-electron chi connectivity index (χ1n) is 10.0. The first-order chi connectivity index (χ1) is 13.7. The molecule has 0 fully saturated rings. The zero-order valence-electron chi connectivity index (χ0n) is 17.7. The van der Waals surface area contributed by atoms with Crippen LogP contribution in [-0.4, -0.2) is 41.9 Å². The fourth-order valence-corrected chi connectivity index (χ4v) is 3.18. The zero-order chi connectivity index (χ0) is 21.4. The normalized spacial score (nSPS) is 22.8. The van der Waals surface area contributed by atoms with E-state index >= 15 is 0 Å². The van der Waals surface area contributed by atoms with Crippen LogP contribution in [0.3, 0.4) is 0 Å². The maximum absolute atomic E-state index is 13.1. The van der Waals surface area contributed by atoms with Crippen LogP contribution in [0, 0.1) is 5.92 Å². The van der Waals surface area contributed by atoms with E-state index in [1.165, 1.54) is 4.90 Å². The van der Waals surface area contributed by atoms with E-state index in [0.29, 0.717) is 12.8 Å². The topological polar surface area (TPSA) is 72.9 Å². The average molecular weight is 402 g/mol. The molecule has 0 aliphatic carbocycles. The molecule has 2 atom stereocenters. The molecule has 1 unspecified atom stereocenters. The predicted molar refractivity (Wildman–Crippen MR) is 110 cm³/mol. The van der Waals surface area contributed by atoms with Crippen molar-refractivity contribution in [2.24, 2.45) is 5.92 Å². The number of benzene rings is 1. The Morgan fingerprint density at radius 3 is 2.52 bits per heavy atom. The van der Waals surface area contributed by atoms with E-state index in [1.54, 1.807) is 27.8 Å². The lowest BCUT2D eigenvalue weighted by Crippen LogP contribution is -2.38. The minimum atomic E-state index is -0.597. The first-order valence-corrected chi connectivity index (χ1v) is 10.0. The molecule has 1 heterocycles. The van der Waals surface area contributed by atoms with E-state index < -0.39 is 23.6 Å². The summed E-state index contributed by atoms with van der Waals surface area (Å²) < 4.78 is 11.1. The van der Waals surface area contributed by atoms with Gasteiger partial charge in [0.2, 0.25) is 5.91 Å². The molecule has 29 heavy (non-hydrogen) atoms. The number of nitrogens with zero attached hydrogens (tertiary/aromatic N) is 1. The molecule has 0 spiro atoms. The summed E-state index contributed by atoms with van der Waals surface area (Å²) >= 11 is 0. The van der Waals surface area contributed by atoms with Crippen LogP contribution in [0.2, 0.25) is 0 Å². The third-order valence-electron chi connectivity index (χ3n) is 4.55. The number of rotatable bonds is 3. The highest BCUT2D eigenvalue weighted by Gasteiger charge is 2.29. The Labute approximate surface area is 172 Å². The Hall–Kier alpha value is -2.63. The fourth-order valence-electron chi connectivity index (χ4n) is 3.18. The maximum Gasteiger partial charge on any atom is 0.307 e. The van der Waals surface area contributed by atoms with Crippen LogP contribution < -0.4 is 0 Å². The van der Waals surface area contributed by atoms with Crippen molar-refractivity contribution in [2.45, 2.75) is 58.2 Å². The number of amides is 1. The highest BCUT2D eigenvalue weighted by Crippen LogP contribution is 2.23. The van der Waals surface area contributed by atoms with Gasteiger partial charge in [-0.2, -0.15) is 0 Å². The van der Waals surface area contributed by atoms with Gasteiger partial charge in [0.05, 0.1) is 18.9 Å². The third-order valence-corrected chi connectivity index (χ3v) is 4.55. The van der Waals surface area contributed by atoms with Crippen LogP contribution >= 0.6 is 0 Å². The summed E-state index contributed by atoms with van der Waals surface area (Å²) in [4.78, 5) is 39.1. The molecule has 0 N–H and O–H groups in total. The number of ether oxygens (including phenoxy) is 2. The van der Waals surface area contributed by atoms with Gasteiger partial charge in [-0.1, -0.05) is 42.5 Å². The van der Waals surface area contributed by atoms with Gasteiger partial charge in [0.25, 0.3) is 0 Å². The Kier molecular flexibility index (Phi) is 8.00. The number of likely N-dealkylation sites (N-methyl/N-ethyl adjacent to an activating group) is 1. The number of hydrogen-bond donors (Lipinski definition) is 0. The van der Waals surface area contributed by atoms with E-state index in [2.05, 4.69) is 0 Å². The Bertz CT molecular complexity index is 735. The van der Waals surface area contributed by atoms with Gasteiger partial charge < -0.3 is 14.4 Å². The van der Waals surface area contributed by atoms with Gasteiger partial charge in [-0.25, -0.2) is 0 Å². The first kappa shape index (κ1) is 22.7. The van der Waals surface area contributed by atoms with Gasteiger partial charge >= 0.3 is 11.9 Å². The molecular weight excluding hydrogens is 370 g/mol.